The second kappa shape index (κ2) is 4.75. The van der Waals surface area contributed by atoms with Gasteiger partial charge in [0, 0.05) is 18.4 Å². The molecule has 2 nitrogen and oxygen atoms in total. The zero-order valence-corrected chi connectivity index (χ0v) is 11.8. The van der Waals surface area contributed by atoms with Crippen molar-refractivity contribution in [3.05, 3.63) is 35.4 Å². The Kier molecular flexibility index (Phi) is 3.47. The van der Waals surface area contributed by atoms with Crippen LogP contribution >= 0.6 is 0 Å². The predicted octanol–water partition coefficient (Wildman–Crippen LogP) is 3.37. The van der Waals surface area contributed by atoms with Gasteiger partial charge in [0.25, 0.3) is 0 Å². The molecule has 1 fully saturated rings. The van der Waals surface area contributed by atoms with Crippen molar-refractivity contribution >= 4 is 5.91 Å². The molecule has 98 valence electrons. The van der Waals surface area contributed by atoms with Gasteiger partial charge in [-0.15, -0.1) is 0 Å². The van der Waals surface area contributed by atoms with Crippen molar-refractivity contribution in [1.82, 2.24) is 5.32 Å². The van der Waals surface area contributed by atoms with Crippen molar-refractivity contribution in [1.29, 1.82) is 0 Å². The molecule has 1 aromatic carbocycles. The van der Waals surface area contributed by atoms with Crippen LogP contribution in [0.1, 0.15) is 57.6 Å². The maximum atomic E-state index is 11.5. The van der Waals surface area contributed by atoms with E-state index in [-0.39, 0.29) is 11.3 Å². The molecule has 1 saturated heterocycles. The monoisotopic (exact) mass is 245 g/mol. The Bertz CT molecular complexity index is 427. The zero-order chi connectivity index (χ0) is 13.3. The van der Waals surface area contributed by atoms with Gasteiger partial charge in [-0.25, -0.2) is 0 Å². The van der Waals surface area contributed by atoms with Crippen molar-refractivity contribution in [2.75, 3.05) is 0 Å². The van der Waals surface area contributed by atoms with Crippen LogP contribution in [0, 0.1) is 0 Å². The summed E-state index contributed by atoms with van der Waals surface area (Å²) in [5, 5.41) is 3.06. The lowest BCUT2D eigenvalue weighted by molar-refractivity contribution is -0.119. The Morgan fingerprint density at radius 3 is 2.33 bits per heavy atom. The maximum absolute atomic E-state index is 11.5. The molecule has 0 spiro atoms. The summed E-state index contributed by atoms with van der Waals surface area (Å²) in [5.41, 5.74) is 2.82. The fourth-order valence-electron chi connectivity index (χ4n) is 2.68. The van der Waals surface area contributed by atoms with E-state index in [1.807, 2.05) is 0 Å². The van der Waals surface area contributed by atoms with Gasteiger partial charge in [-0.05, 0) is 23.0 Å². The van der Waals surface area contributed by atoms with Crippen LogP contribution in [0.4, 0.5) is 0 Å². The van der Waals surface area contributed by atoms with Crippen LogP contribution in [0.3, 0.4) is 0 Å². The number of carbonyl (C=O) groups excluding carboxylic acids is 1. The zero-order valence-electron chi connectivity index (χ0n) is 11.8. The molecular formula is C16H23NO. The fourth-order valence-corrected chi connectivity index (χ4v) is 2.68. The molecule has 18 heavy (non-hydrogen) atoms. The van der Waals surface area contributed by atoms with E-state index in [9.17, 15) is 4.79 Å². The number of hydrogen-bond donors (Lipinski definition) is 1. The summed E-state index contributed by atoms with van der Waals surface area (Å²) in [6.45, 7) is 8.79. The molecule has 2 unspecified atom stereocenters. The van der Waals surface area contributed by atoms with E-state index in [2.05, 4.69) is 57.3 Å². The Balaban J connectivity index is 2.22. The van der Waals surface area contributed by atoms with Gasteiger partial charge in [-0.1, -0.05) is 52.0 Å². The third-order valence-corrected chi connectivity index (χ3v) is 3.88. The molecular weight excluding hydrogens is 222 g/mol. The lowest BCUT2D eigenvalue weighted by atomic mass is 9.84. The first-order valence-corrected chi connectivity index (χ1v) is 6.81. The first-order chi connectivity index (χ1) is 8.41. The largest absolute Gasteiger partial charge is 0.353 e. The van der Waals surface area contributed by atoms with Crippen molar-refractivity contribution in [2.45, 2.75) is 57.9 Å². The highest BCUT2D eigenvalue weighted by atomic mass is 16.2. The normalized spacial score (nSPS) is 24.1. The van der Waals surface area contributed by atoms with Crippen LogP contribution in [0.2, 0.25) is 0 Å². The van der Waals surface area contributed by atoms with Crippen molar-refractivity contribution < 1.29 is 4.79 Å². The van der Waals surface area contributed by atoms with Gasteiger partial charge in [-0.2, -0.15) is 0 Å². The SMILES string of the molecule is CCC1NC(=O)CC1c1ccc(C(C)(C)C)cc1. The number of rotatable bonds is 2. The highest BCUT2D eigenvalue weighted by molar-refractivity contribution is 5.80. The molecule has 1 aliphatic heterocycles. The maximum Gasteiger partial charge on any atom is 0.220 e. The summed E-state index contributed by atoms with van der Waals surface area (Å²) in [7, 11) is 0. The van der Waals surface area contributed by atoms with Crippen LogP contribution in [0.5, 0.6) is 0 Å². The topological polar surface area (TPSA) is 29.1 Å². The average molecular weight is 245 g/mol. The van der Waals surface area contributed by atoms with Gasteiger partial charge in [0.05, 0.1) is 0 Å². The van der Waals surface area contributed by atoms with E-state index in [4.69, 9.17) is 0 Å². The number of hydrogen-bond acceptors (Lipinski definition) is 1. The van der Waals surface area contributed by atoms with E-state index in [0.29, 0.717) is 18.4 Å². The minimum atomic E-state index is 0.187. The van der Waals surface area contributed by atoms with Crippen LogP contribution in [-0.4, -0.2) is 11.9 Å². The predicted molar refractivity (Wildman–Crippen MR) is 74.7 cm³/mol. The Morgan fingerprint density at radius 1 is 1.22 bits per heavy atom. The van der Waals surface area contributed by atoms with E-state index >= 15 is 0 Å². The molecule has 2 heteroatoms. The quantitative estimate of drug-likeness (QED) is 0.850. The first kappa shape index (κ1) is 13.1. The summed E-state index contributed by atoms with van der Waals surface area (Å²) in [6.07, 6.45) is 1.63. The Hall–Kier alpha value is -1.31. The third-order valence-electron chi connectivity index (χ3n) is 3.88. The van der Waals surface area contributed by atoms with Crippen LogP contribution in [0.25, 0.3) is 0 Å². The van der Waals surface area contributed by atoms with E-state index in [0.717, 1.165) is 6.42 Å². The number of nitrogens with one attached hydrogen (secondary N) is 1. The molecule has 0 aromatic heterocycles. The summed E-state index contributed by atoms with van der Waals surface area (Å²) in [5.74, 6) is 0.531. The van der Waals surface area contributed by atoms with Gasteiger partial charge >= 0.3 is 0 Å². The smallest absolute Gasteiger partial charge is 0.220 e. The van der Waals surface area contributed by atoms with Gasteiger partial charge in [0.1, 0.15) is 0 Å². The molecule has 0 aliphatic carbocycles. The summed E-state index contributed by atoms with van der Waals surface area (Å²) in [4.78, 5) is 11.5. The van der Waals surface area contributed by atoms with Gasteiger partial charge < -0.3 is 5.32 Å². The molecule has 0 bridgehead atoms. The molecule has 2 atom stereocenters. The molecule has 1 aliphatic rings. The molecule has 1 N–H and O–H groups in total. The van der Waals surface area contributed by atoms with Gasteiger partial charge in [0.15, 0.2) is 0 Å². The minimum Gasteiger partial charge on any atom is -0.353 e. The Labute approximate surface area is 110 Å². The number of carbonyl (C=O) groups is 1. The standard InChI is InChI=1S/C16H23NO/c1-5-14-13(10-15(18)17-14)11-6-8-12(9-7-11)16(2,3)4/h6-9,13-14H,5,10H2,1-4H3,(H,17,18). The molecule has 1 amide bonds. The first-order valence-electron chi connectivity index (χ1n) is 6.81. The Morgan fingerprint density at radius 2 is 1.83 bits per heavy atom. The van der Waals surface area contributed by atoms with E-state index < -0.39 is 0 Å². The van der Waals surface area contributed by atoms with E-state index in [1.54, 1.807) is 0 Å². The minimum absolute atomic E-state index is 0.187. The van der Waals surface area contributed by atoms with Crippen molar-refractivity contribution in [3.63, 3.8) is 0 Å². The highest BCUT2D eigenvalue weighted by Gasteiger charge is 2.32. The molecule has 0 radical (unpaired) electrons. The molecule has 1 heterocycles. The lowest BCUT2D eigenvalue weighted by Crippen LogP contribution is -2.27. The summed E-state index contributed by atoms with van der Waals surface area (Å²) < 4.78 is 0. The second-order valence-electron chi connectivity index (χ2n) is 6.26. The fraction of sp³-hybridized carbons (Fsp3) is 0.562. The van der Waals surface area contributed by atoms with Gasteiger partial charge in [0.2, 0.25) is 5.91 Å². The average Bonchev–Trinajstić information content (AvgIpc) is 2.69. The highest BCUT2D eigenvalue weighted by Crippen LogP contribution is 2.31. The number of amides is 1. The summed E-state index contributed by atoms with van der Waals surface area (Å²) >= 11 is 0. The van der Waals surface area contributed by atoms with Crippen molar-refractivity contribution in [2.24, 2.45) is 0 Å². The van der Waals surface area contributed by atoms with E-state index in [1.165, 1.54) is 11.1 Å². The summed E-state index contributed by atoms with van der Waals surface area (Å²) in [6, 6.07) is 9.08. The third kappa shape index (κ3) is 2.58. The second-order valence-corrected chi connectivity index (χ2v) is 6.26. The lowest BCUT2D eigenvalue weighted by Gasteiger charge is -2.21. The molecule has 1 aromatic rings. The van der Waals surface area contributed by atoms with Crippen LogP contribution in [-0.2, 0) is 10.2 Å². The molecule has 2 rings (SSSR count). The number of benzene rings is 1. The van der Waals surface area contributed by atoms with Gasteiger partial charge in [-0.3, -0.25) is 4.79 Å². The van der Waals surface area contributed by atoms with Crippen LogP contribution in [0.15, 0.2) is 24.3 Å². The van der Waals surface area contributed by atoms with Crippen molar-refractivity contribution in [3.8, 4) is 0 Å². The van der Waals surface area contributed by atoms with Crippen LogP contribution < -0.4 is 5.32 Å². The molecule has 0 saturated carbocycles.